The molecule has 0 aliphatic rings. The second-order valence-electron chi connectivity index (χ2n) is 4.45. The van der Waals surface area contributed by atoms with Crippen LogP contribution in [0, 0.1) is 6.92 Å². The Morgan fingerprint density at radius 1 is 1.25 bits per heavy atom. The van der Waals surface area contributed by atoms with Crippen LogP contribution in [-0.4, -0.2) is 12.5 Å². The van der Waals surface area contributed by atoms with Crippen molar-refractivity contribution in [2.75, 3.05) is 17.7 Å². The highest BCUT2D eigenvalue weighted by Gasteiger charge is 2.12. The molecule has 0 unspecified atom stereocenters. The van der Waals surface area contributed by atoms with E-state index in [0.29, 0.717) is 23.5 Å². The molecule has 20 heavy (non-hydrogen) atoms. The second-order valence-corrected chi connectivity index (χ2v) is 4.45. The Bertz CT molecular complexity index is 603. The number of amides is 1. The highest BCUT2D eigenvalue weighted by Crippen LogP contribution is 2.21. The van der Waals surface area contributed by atoms with E-state index in [1.54, 1.807) is 12.1 Å². The van der Waals surface area contributed by atoms with Crippen molar-refractivity contribution in [3.05, 3.63) is 53.6 Å². The molecule has 0 atom stereocenters. The Labute approximate surface area is 118 Å². The van der Waals surface area contributed by atoms with E-state index in [2.05, 4.69) is 5.32 Å². The molecule has 0 spiro atoms. The van der Waals surface area contributed by atoms with Crippen LogP contribution >= 0.6 is 0 Å². The molecule has 0 saturated carbocycles. The van der Waals surface area contributed by atoms with Crippen molar-refractivity contribution in [1.29, 1.82) is 0 Å². The molecule has 0 radical (unpaired) electrons. The minimum absolute atomic E-state index is 0.214. The van der Waals surface area contributed by atoms with Gasteiger partial charge < -0.3 is 15.8 Å². The van der Waals surface area contributed by atoms with Crippen LogP contribution < -0.4 is 15.8 Å². The van der Waals surface area contributed by atoms with Crippen LogP contribution in [-0.2, 0) is 0 Å². The lowest BCUT2D eigenvalue weighted by Gasteiger charge is -2.11. The maximum atomic E-state index is 12.3. The summed E-state index contributed by atoms with van der Waals surface area (Å²) >= 11 is 0. The number of carbonyl (C=O) groups is 1. The number of rotatable bonds is 4. The zero-order valence-electron chi connectivity index (χ0n) is 11.6. The van der Waals surface area contributed by atoms with E-state index >= 15 is 0 Å². The number of hydrogen-bond donors (Lipinski definition) is 2. The average molecular weight is 270 g/mol. The van der Waals surface area contributed by atoms with Crippen molar-refractivity contribution in [3.63, 3.8) is 0 Å². The molecule has 0 bridgehead atoms. The van der Waals surface area contributed by atoms with Crippen molar-refractivity contribution in [1.82, 2.24) is 0 Å². The lowest BCUT2D eigenvalue weighted by molar-refractivity contribution is 0.102. The molecular formula is C16H18N2O2. The standard InChI is InChI=1S/C16H18N2O2/c1-3-20-13-8-5-7-12(10-13)18-16(19)15-11(2)6-4-9-14(15)17/h4-10H,3,17H2,1-2H3,(H,18,19). The van der Waals surface area contributed by atoms with Gasteiger partial charge >= 0.3 is 0 Å². The quantitative estimate of drug-likeness (QED) is 0.838. The number of carbonyl (C=O) groups excluding carboxylic acids is 1. The smallest absolute Gasteiger partial charge is 0.258 e. The van der Waals surface area contributed by atoms with Crippen molar-refractivity contribution in [2.45, 2.75) is 13.8 Å². The van der Waals surface area contributed by atoms with E-state index in [1.807, 2.05) is 44.2 Å². The fourth-order valence-corrected chi connectivity index (χ4v) is 2.02. The van der Waals surface area contributed by atoms with Crippen LogP contribution in [0.1, 0.15) is 22.8 Å². The molecular weight excluding hydrogens is 252 g/mol. The number of nitrogens with one attached hydrogen (secondary N) is 1. The second kappa shape index (κ2) is 6.10. The summed E-state index contributed by atoms with van der Waals surface area (Å²) < 4.78 is 5.41. The number of nitrogen functional groups attached to an aromatic ring is 1. The predicted molar refractivity (Wildman–Crippen MR) is 81.2 cm³/mol. The van der Waals surface area contributed by atoms with Crippen LogP contribution in [0.25, 0.3) is 0 Å². The van der Waals surface area contributed by atoms with E-state index in [9.17, 15) is 4.79 Å². The summed E-state index contributed by atoms with van der Waals surface area (Å²) in [5.41, 5.74) is 8.39. The third-order valence-corrected chi connectivity index (χ3v) is 2.93. The van der Waals surface area contributed by atoms with Crippen LogP contribution in [0.2, 0.25) is 0 Å². The van der Waals surface area contributed by atoms with Gasteiger partial charge in [0.2, 0.25) is 0 Å². The Hall–Kier alpha value is -2.49. The fourth-order valence-electron chi connectivity index (χ4n) is 2.02. The zero-order chi connectivity index (χ0) is 14.5. The molecule has 0 aromatic heterocycles. The Morgan fingerprint density at radius 2 is 2.00 bits per heavy atom. The normalized spacial score (nSPS) is 10.1. The molecule has 0 saturated heterocycles. The topological polar surface area (TPSA) is 64.3 Å². The van der Waals surface area contributed by atoms with Gasteiger partial charge in [-0.05, 0) is 37.6 Å². The minimum atomic E-state index is -0.214. The van der Waals surface area contributed by atoms with Gasteiger partial charge in [-0.15, -0.1) is 0 Å². The summed E-state index contributed by atoms with van der Waals surface area (Å²) in [7, 11) is 0. The molecule has 2 aromatic rings. The molecule has 2 rings (SSSR count). The largest absolute Gasteiger partial charge is 0.494 e. The van der Waals surface area contributed by atoms with Gasteiger partial charge in [0.05, 0.1) is 12.2 Å². The summed E-state index contributed by atoms with van der Waals surface area (Å²) in [6.07, 6.45) is 0. The monoisotopic (exact) mass is 270 g/mol. The van der Waals surface area contributed by atoms with E-state index in [-0.39, 0.29) is 5.91 Å². The highest BCUT2D eigenvalue weighted by atomic mass is 16.5. The van der Waals surface area contributed by atoms with Crippen LogP contribution in [0.15, 0.2) is 42.5 Å². The summed E-state index contributed by atoms with van der Waals surface area (Å²) in [4.78, 5) is 12.3. The Morgan fingerprint density at radius 3 is 2.70 bits per heavy atom. The van der Waals surface area contributed by atoms with Gasteiger partial charge in [-0.1, -0.05) is 18.2 Å². The molecule has 4 heteroatoms. The molecule has 0 fully saturated rings. The van der Waals surface area contributed by atoms with Gasteiger partial charge in [0.15, 0.2) is 0 Å². The highest BCUT2D eigenvalue weighted by molar-refractivity contribution is 6.08. The van der Waals surface area contributed by atoms with Gasteiger partial charge in [0.25, 0.3) is 5.91 Å². The molecule has 0 heterocycles. The molecule has 0 aliphatic carbocycles. The first-order chi connectivity index (χ1) is 9.61. The van der Waals surface area contributed by atoms with Gasteiger partial charge in [0, 0.05) is 17.4 Å². The maximum Gasteiger partial charge on any atom is 0.258 e. The molecule has 0 aliphatic heterocycles. The summed E-state index contributed by atoms with van der Waals surface area (Å²) in [6, 6.07) is 12.7. The van der Waals surface area contributed by atoms with Crippen LogP contribution in [0.3, 0.4) is 0 Å². The first kappa shape index (κ1) is 13.9. The van der Waals surface area contributed by atoms with Gasteiger partial charge in [-0.25, -0.2) is 0 Å². The maximum absolute atomic E-state index is 12.3. The third-order valence-electron chi connectivity index (χ3n) is 2.93. The Kier molecular flexibility index (Phi) is 4.25. The van der Waals surface area contributed by atoms with Crippen LogP contribution in [0.4, 0.5) is 11.4 Å². The SMILES string of the molecule is CCOc1cccc(NC(=O)c2c(C)cccc2N)c1. The number of benzene rings is 2. The first-order valence-corrected chi connectivity index (χ1v) is 6.51. The predicted octanol–water partition coefficient (Wildman–Crippen LogP) is 3.23. The number of aryl methyl sites for hydroxylation is 1. The number of anilines is 2. The average Bonchev–Trinajstić information content (AvgIpc) is 2.39. The number of nitrogens with two attached hydrogens (primary N) is 1. The summed E-state index contributed by atoms with van der Waals surface area (Å²) in [6.45, 7) is 4.36. The van der Waals surface area contributed by atoms with E-state index in [0.717, 1.165) is 11.3 Å². The zero-order valence-corrected chi connectivity index (χ0v) is 11.6. The number of hydrogen-bond acceptors (Lipinski definition) is 3. The summed E-state index contributed by atoms with van der Waals surface area (Å²) in [5, 5.41) is 2.84. The lowest BCUT2D eigenvalue weighted by Crippen LogP contribution is -2.15. The number of ether oxygens (including phenoxy) is 1. The third kappa shape index (κ3) is 3.09. The lowest BCUT2D eigenvalue weighted by atomic mass is 10.1. The van der Waals surface area contributed by atoms with E-state index < -0.39 is 0 Å². The van der Waals surface area contributed by atoms with Gasteiger partial charge in [-0.2, -0.15) is 0 Å². The summed E-state index contributed by atoms with van der Waals surface area (Å²) in [5.74, 6) is 0.511. The van der Waals surface area contributed by atoms with E-state index in [1.165, 1.54) is 0 Å². The van der Waals surface area contributed by atoms with Crippen molar-refractivity contribution in [3.8, 4) is 5.75 Å². The van der Waals surface area contributed by atoms with Gasteiger partial charge in [0.1, 0.15) is 5.75 Å². The van der Waals surface area contributed by atoms with Crippen molar-refractivity contribution < 1.29 is 9.53 Å². The van der Waals surface area contributed by atoms with Crippen LogP contribution in [0.5, 0.6) is 5.75 Å². The molecule has 104 valence electrons. The van der Waals surface area contributed by atoms with E-state index in [4.69, 9.17) is 10.5 Å². The molecule has 4 nitrogen and oxygen atoms in total. The molecule has 3 N–H and O–H groups in total. The molecule has 2 aromatic carbocycles. The minimum Gasteiger partial charge on any atom is -0.494 e. The molecule has 1 amide bonds. The van der Waals surface area contributed by atoms with Gasteiger partial charge in [-0.3, -0.25) is 4.79 Å². The first-order valence-electron chi connectivity index (χ1n) is 6.51. The van der Waals surface area contributed by atoms with Crippen molar-refractivity contribution in [2.24, 2.45) is 0 Å². The van der Waals surface area contributed by atoms with Crippen molar-refractivity contribution >= 4 is 17.3 Å². The fraction of sp³-hybridized carbons (Fsp3) is 0.188. The Balaban J connectivity index is 2.21.